The number of nitrogens with one attached hydrogen (secondary N) is 2. The number of carbonyl (C=O) groups excluding carboxylic acids is 3. The van der Waals surface area contributed by atoms with E-state index in [1.807, 2.05) is 59.5 Å². The zero-order valence-electron chi connectivity index (χ0n) is 19.4. The molecule has 186 valence electrons. The Balaban J connectivity index is 1.36. The van der Waals surface area contributed by atoms with Crippen LogP contribution in [0.1, 0.15) is 31.4 Å². The van der Waals surface area contributed by atoms with Crippen LogP contribution in [0.3, 0.4) is 0 Å². The summed E-state index contributed by atoms with van der Waals surface area (Å²) in [6, 6.07) is 16.5. The monoisotopic (exact) mass is 544 g/mol. The van der Waals surface area contributed by atoms with E-state index in [0.717, 1.165) is 15.7 Å². The summed E-state index contributed by atoms with van der Waals surface area (Å²) in [5.41, 5.74) is 0.950. The van der Waals surface area contributed by atoms with Crippen molar-refractivity contribution in [1.29, 1.82) is 0 Å². The lowest BCUT2D eigenvalue weighted by Gasteiger charge is -2.43. The molecule has 0 unspecified atom stereocenters. The standard InChI is InChI=1S/C25H29BrN4O5/c1-16(17-7-9-18(26)10-8-17)28-22(33)20(31)21(32)23(34)29-13-11-25(12-14-29)24(35)27-15-30(25)19-5-3-2-4-6-19/h2-10,16,20-21,31-32H,11-15H2,1H3,(H,27,35)(H,28,33)/t16-,20+,21+/m0/s1. The van der Waals surface area contributed by atoms with Crippen molar-refractivity contribution in [3.63, 3.8) is 0 Å². The molecule has 9 nitrogen and oxygen atoms in total. The maximum absolute atomic E-state index is 12.9. The SMILES string of the molecule is C[C@H](NC(=O)[C@H](O)[C@@H](O)C(=O)N1CCC2(CC1)C(=O)NCN2c1ccccc1)c1ccc(Br)cc1. The molecule has 0 aromatic heterocycles. The van der Waals surface area contributed by atoms with Crippen LogP contribution in [0.4, 0.5) is 5.69 Å². The van der Waals surface area contributed by atoms with Crippen molar-refractivity contribution < 1.29 is 24.6 Å². The quantitative estimate of drug-likeness (QED) is 0.435. The van der Waals surface area contributed by atoms with Gasteiger partial charge in [-0.1, -0.05) is 46.3 Å². The van der Waals surface area contributed by atoms with Crippen molar-refractivity contribution in [3.8, 4) is 0 Å². The Kier molecular flexibility index (Phi) is 7.44. The Hall–Kier alpha value is -2.95. The van der Waals surface area contributed by atoms with E-state index < -0.39 is 35.6 Å². The van der Waals surface area contributed by atoms with Crippen LogP contribution in [0.15, 0.2) is 59.1 Å². The lowest BCUT2D eigenvalue weighted by molar-refractivity contribution is -0.154. The van der Waals surface area contributed by atoms with Crippen LogP contribution < -0.4 is 15.5 Å². The first-order chi connectivity index (χ1) is 16.7. The third kappa shape index (κ3) is 5.05. The smallest absolute Gasteiger partial charge is 0.254 e. The number of hydrogen-bond donors (Lipinski definition) is 4. The summed E-state index contributed by atoms with van der Waals surface area (Å²) in [6.07, 6.45) is -3.07. The van der Waals surface area contributed by atoms with Crippen LogP contribution in [0, 0.1) is 0 Å². The Labute approximate surface area is 212 Å². The number of nitrogens with zero attached hydrogens (tertiary/aromatic N) is 2. The molecular weight excluding hydrogens is 516 g/mol. The minimum absolute atomic E-state index is 0.0876. The van der Waals surface area contributed by atoms with Crippen molar-refractivity contribution in [3.05, 3.63) is 64.6 Å². The van der Waals surface area contributed by atoms with E-state index in [2.05, 4.69) is 26.6 Å². The summed E-state index contributed by atoms with van der Waals surface area (Å²) in [7, 11) is 0. The predicted molar refractivity (Wildman–Crippen MR) is 133 cm³/mol. The number of para-hydroxylation sites is 1. The molecule has 2 aliphatic heterocycles. The number of hydrogen-bond acceptors (Lipinski definition) is 6. The molecule has 3 atom stereocenters. The van der Waals surface area contributed by atoms with Gasteiger partial charge in [0, 0.05) is 23.2 Å². The van der Waals surface area contributed by atoms with Gasteiger partial charge in [-0.25, -0.2) is 0 Å². The van der Waals surface area contributed by atoms with Gasteiger partial charge >= 0.3 is 0 Å². The number of piperidine rings is 1. The van der Waals surface area contributed by atoms with Gasteiger partial charge in [0.15, 0.2) is 12.2 Å². The van der Waals surface area contributed by atoms with Gasteiger partial charge in [0.1, 0.15) is 5.54 Å². The molecule has 2 aromatic carbocycles. The van der Waals surface area contributed by atoms with Gasteiger partial charge in [-0.15, -0.1) is 0 Å². The third-order valence-corrected chi connectivity index (χ3v) is 7.39. The van der Waals surface area contributed by atoms with Gasteiger partial charge in [-0.05, 0) is 49.6 Å². The Morgan fingerprint density at radius 2 is 1.66 bits per heavy atom. The highest BCUT2D eigenvalue weighted by Crippen LogP contribution is 2.36. The van der Waals surface area contributed by atoms with Gasteiger partial charge in [0.25, 0.3) is 11.8 Å². The molecule has 2 aromatic rings. The molecule has 2 fully saturated rings. The fraction of sp³-hybridized carbons (Fsp3) is 0.400. The highest BCUT2D eigenvalue weighted by atomic mass is 79.9. The number of rotatable bonds is 6. The minimum Gasteiger partial charge on any atom is -0.380 e. The summed E-state index contributed by atoms with van der Waals surface area (Å²) >= 11 is 3.35. The molecule has 4 rings (SSSR count). The summed E-state index contributed by atoms with van der Waals surface area (Å²) in [6.45, 7) is 2.57. The lowest BCUT2D eigenvalue weighted by atomic mass is 9.85. The summed E-state index contributed by atoms with van der Waals surface area (Å²) in [5.74, 6) is -1.65. The summed E-state index contributed by atoms with van der Waals surface area (Å²) < 4.78 is 0.895. The lowest BCUT2D eigenvalue weighted by Crippen LogP contribution is -2.59. The predicted octanol–water partition coefficient (Wildman–Crippen LogP) is 1.30. The molecule has 10 heteroatoms. The van der Waals surface area contributed by atoms with E-state index in [0.29, 0.717) is 19.5 Å². The van der Waals surface area contributed by atoms with Crippen molar-refractivity contribution in [1.82, 2.24) is 15.5 Å². The average molecular weight is 545 g/mol. The topological polar surface area (TPSA) is 122 Å². The van der Waals surface area contributed by atoms with Crippen LogP contribution in [-0.4, -0.2) is 70.3 Å². The number of benzene rings is 2. The largest absolute Gasteiger partial charge is 0.380 e. The molecule has 35 heavy (non-hydrogen) atoms. The van der Waals surface area contributed by atoms with E-state index in [9.17, 15) is 24.6 Å². The number of halogens is 1. The van der Waals surface area contributed by atoms with E-state index in [1.165, 1.54) is 4.90 Å². The molecule has 0 bridgehead atoms. The summed E-state index contributed by atoms with van der Waals surface area (Å²) in [5, 5.41) is 26.4. The zero-order valence-corrected chi connectivity index (χ0v) is 20.9. The van der Waals surface area contributed by atoms with Gasteiger partial charge in [-0.3, -0.25) is 14.4 Å². The van der Waals surface area contributed by atoms with Crippen LogP contribution in [0.25, 0.3) is 0 Å². The second kappa shape index (κ2) is 10.3. The first-order valence-corrected chi connectivity index (χ1v) is 12.3. The molecule has 0 radical (unpaired) electrons. The first-order valence-electron chi connectivity index (χ1n) is 11.5. The normalized spacial score (nSPS) is 19.7. The maximum Gasteiger partial charge on any atom is 0.254 e. The van der Waals surface area contributed by atoms with E-state index in [1.54, 1.807) is 6.92 Å². The Bertz CT molecular complexity index is 1070. The van der Waals surface area contributed by atoms with Crippen LogP contribution in [-0.2, 0) is 14.4 Å². The molecule has 2 heterocycles. The molecule has 4 N–H and O–H groups in total. The molecule has 0 aliphatic carbocycles. The number of aliphatic hydroxyl groups is 2. The van der Waals surface area contributed by atoms with Crippen molar-refractivity contribution >= 4 is 39.3 Å². The molecule has 1 spiro atoms. The molecule has 2 aliphatic rings. The second-order valence-corrected chi connectivity index (χ2v) is 9.87. The van der Waals surface area contributed by atoms with Crippen molar-refractivity contribution in [2.75, 3.05) is 24.7 Å². The zero-order chi connectivity index (χ0) is 25.2. The van der Waals surface area contributed by atoms with Crippen LogP contribution >= 0.6 is 15.9 Å². The van der Waals surface area contributed by atoms with Gasteiger partial charge in [-0.2, -0.15) is 0 Å². The number of amides is 3. The molecule has 2 saturated heterocycles. The minimum atomic E-state index is -1.91. The van der Waals surface area contributed by atoms with E-state index in [-0.39, 0.29) is 19.0 Å². The number of likely N-dealkylation sites (tertiary alicyclic amines) is 1. The molecular formula is C25H29BrN4O5. The van der Waals surface area contributed by atoms with Gasteiger partial charge < -0.3 is 30.6 Å². The Morgan fingerprint density at radius 1 is 1.03 bits per heavy atom. The molecule has 3 amide bonds. The average Bonchev–Trinajstić information content (AvgIpc) is 3.19. The fourth-order valence-electron chi connectivity index (χ4n) is 4.73. The summed E-state index contributed by atoms with van der Waals surface area (Å²) in [4.78, 5) is 41.6. The second-order valence-electron chi connectivity index (χ2n) is 8.96. The van der Waals surface area contributed by atoms with E-state index in [4.69, 9.17) is 0 Å². The Morgan fingerprint density at radius 3 is 2.29 bits per heavy atom. The number of aliphatic hydroxyl groups excluding tert-OH is 2. The fourth-order valence-corrected chi connectivity index (χ4v) is 4.99. The van der Waals surface area contributed by atoms with Crippen molar-refractivity contribution in [2.24, 2.45) is 0 Å². The maximum atomic E-state index is 12.9. The number of anilines is 1. The third-order valence-electron chi connectivity index (χ3n) is 6.86. The van der Waals surface area contributed by atoms with Crippen molar-refractivity contribution in [2.45, 2.75) is 43.6 Å². The van der Waals surface area contributed by atoms with Crippen LogP contribution in [0.5, 0.6) is 0 Å². The first kappa shape index (κ1) is 25.2. The highest BCUT2D eigenvalue weighted by molar-refractivity contribution is 9.10. The molecule has 0 saturated carbocycles. The van der Waals surface area contributed by atoms with Gasteiger partial charge in [0.2, 0.25) is 5.91 Å². The van der Waals surface area contributed by atoms with Crippen LogP contribution in [0.2, 0.25) is 0 Å². The number of carbonyl (C=O) groups is 3. The van der Waals surface area contributed by atoms with Gasteiger partial charge in [0.05, 0.1) is 12.7 Å². The van der Waals surface area contributed by atoms with E-state index >= 15 is 0 Å². The highest BCUT2D eigenvalue weighted by Gasteiger charge is 2.51.